The molecule has 0 aliphatic heterocycles. The maximum absolute atomic E-state index is 12.1. The van der Waals surface area contributed by atoms with Crippen LogP contribution in [-0.4, -0.2) is 36.7 Å². The zero-order valence-corrected chi connectivity index (χ0v) is 18.0. The molecule has 3 rings (SSSR count). The lowest BCUT2D eigenvalue weighted by molar-refractivity contribution is -0.142. The molecule has 0 atom stereocenters. The number of thiophene rings is 1. The minimum Gasteiger partial charge on any atom is -0.497 e. The molecule has 0 spiro atoms. The van der Waals surface area contributed by atoms with E-state index in [1.165, 1.54) is 7.11 Å². The number of pyridine rings is 1. The Morgan fingerprint density at radius 3 is 2.57 bits per heavy atom. The van der Waals surface area contributed by atoms with Gasteiger partial charge in [-0.25, -0.2) is 4.98 Å². The number of methoxy groups -OCH3 is 2. The monoisotopic (exact) mass is 438 g/mol. The maximum atomic E-state index is 12.1. The summed E-state index contributed by atoms with van der Waals surface area (Å²) in [5, 5.41) is 12.3. The van der Waals surface area contributed by atoms with Crippen LogP contribution in [0.1, 0.15) is 12.0 Å². The molecule has 2 heterocycles. The van der Waals surface area contributed by atoms with E-state index >= 15 is 0 Å². The van der Waals surface area contributed by atoms with Gasteiger partial charge in [0, 0.05) is 5.56 Å². The van der Waals surface area contributed by atoms with Gasteiger partial charge in [-0.1, -0.05) is 30.0 Å². The first-order valence-corrected chi connectivity index (χ1v) is 10.8. The van der Waals surface area contributed by atoms with E-state index in [2.05, 4.69) is 15.8 Å². The van der Waals surface area contributed by atoms with Crippen molar-refractivity contribution in [3.63, 3.8) is 0 Å². The second-order valence-corrected chi connectivity index (χ2v) is 8.04. The molecule has 0 radical (unpaired) electrons. The number of ether oxygens (including phenoxy) is 2. The normalized spacial score (nSPS) is 10.3. The van der Waals surface area contributed by atoms with Crippen LogP contribution < -0.4 is 4.74 Å². The predicted molar refractivity (Wildman–Crippen MR) is 117 cm³/mol. The van der Waals surface area contributed by atoms with Gasteiger partial charge in [0.25, 0.3) is 0 Å². The lowest BCUT2D eigenvalue weighted by atomic mass is 10.0. The fraction of sp³-hybridized carbons (Fsp3) is 0.182. The molecule has 0 amide bonds. The van der Waals surface area contributed by atoms with Gasteiger partial charge in [-0.05, 0) is 35.2 Å². The molecule has 0 aliphatic carbocycles. The molecule has 0 unspecified atom stereocenters. The molecule has 1 aromatic carbocycles. The molecule has 0 fully saturated rings. The highest BCUT2D eigenvalue weighted by Gasteiger charge is 2.18. The topological polar surface area (TPSA) is 89.3 Å². The minimum atomic E-state index is -0.583. The molecule has 8 heteroatoms. The highest BCUT2D eigenvalue weighted by Crippen LogP contribution is 2.36. The van der Waals surface area contributed by atoms with Crippen LogP contribution in [0.5, 0.6) is 5.75 Å². The van der Waals surface area contributed by atoms with Crippen molar-refractivity contribution in [3.05, 3.63) is 53.4 Å². The van der Waals surface area contributed by atoms with Crippen molar-refractivity contribution in [2.24, 2.45) is 0 Å². The largest absolute Gasteiger partial charge is 0.497 e. The zero-order valence-electron chi connectivity index (χ0n) is 16.4. The fourth-order valence-electron chi connectivity index (χ4n) is 2.72. The smallest absolute Gasteiger partial charge is 0.313 e. The van der Waals surface area contributed by atoms with Crippen molar-refractivity contribution < 1.29 is 19.1 Å². The molecule has 3 aromatic rings. The number of esters is 1. The van der Waals surface area contributed by atoms with Crippen LogP contribution in [0.4, 0.5) is 0 Å². The summed E-state index contributed by atoms with van der Waals surface area (Å²) in [5.41, 5.74) is 2.67. The van der Waals surface area contributed by atoms with E-state index in [0.717, 1.165) is 33.5 Å². The Morgan fingerprint density at radius 1 is 1.20 bits per heavy atom. The van der Waals surface area contributed by atoms with Gasteiger partial charge in [0.1, 0.15) is 23.3 Å². The van der Waals surface area contributed by atoms with Crippen LogP contribution in [0.15, 0.2) is 52.9 Å². The van der Waals surface area contributed by atoms with E-state index in [-0.39, 0.29) is 18.0 Å². The lowest BCUT2D eigenvalue weighted by Crippen LogP contribution is -2.11. The number of carbonyl (C=O) groups is 2. The third kappa shape index (κ3) is 5.06. The number of ketones is 1. The van der Waals surface area contributed by atoms with Gasteiger partial charge < -0.3 is 9.47 Å². The van der Waals surface area contributed by atoms with Crippen molar-refractivity contribution in [2.75, 3.05) is 20.0 Å². The number of hydrogen-bond donors (Lipinski definition) is 0. The van der Waals surface area contributed by atoms with E-state index in [0.29, 0.717) is 16.3 Å². The van der Waals surface area contributed by atoms with Crippen LogP contribution in [0, 0.1) is 11.3 Å². The average molecular weight is 439 g/mol. The predicted octanol–water partition coefficient (Wildman–Crippen LogP) is 4.58. The van der Waals surface area contributed by atoms with Crippen molar-refractivity contribution in [3.8, 4) is 33.5 Å². The fourth-order valence-corrected chi connectivity index (χ4v) is 4.26. The number of nitrogens with zero attached hydrogens (tertiary/aromatic N) is 2. The summed E-state index contributed by atoms with van der Waals surface area (Å²) in [5.74, 6) is -0.134. The van der Waals surface area contributed by atoms with Crippen molar-refractivity contribution in [1.82, 2.24) is 4.98 Å². The third-order valence-electron chi connectivity index (χ3n) is 4.21. The molecule has 0 aliphatic rings. The SMILES string of the molecule is COC(=O)CC(=O)CSc1nc(-c2cccs2)cc(-c2ccc(OC)cc2)c1C#N. The number of hydrogen-bond acceptors (Lipinski definition) is 8. The van der Waals surface area contributed by atoms with Gasteiger partial charge in [-0.3, -0.25) is 9.59 Å². The summed E-state index contributed by atoms with van der Waals surface area (Å²) in [4.78, 5) is 29.0. The van der Waals surface area contributed by atoms with E-state index in [4.69, 9.17) is 4.74 Å². The van der Waals surface area contributed by atoms with Gasteiger partial charge in [-0.2, -0.15) is 5.26 Å². The standard InChI is InChI=1S/C22H18N2O4S2/c1-27-16-7-5-14(6-8-16)17-11-19(20-4-3-9-29-20)24-22(18(17)12-23)30-13-15(25)10-21(26)28-2/h3-9,11H,10,13H2,1-2H3. The van der Waals surface area contributed by atoms with Crippen LogP contribution in [-0.2, 0) is 14.3 Å². The van der Waals surface area contributed by atoms with Gasteiger partial charge in [0.2, 0.25) is 0 Å². The number of nitriles is 1. The average Bonchev–Trinajstić information content (AvgIpc) is 3.32. The molecule has 152 valence electrons. The molecule has 2 aromatic heterocycles. The number of carbonyl (C=O) groups excluding carboxylic acids is 2. The second-order valence-electron chi connectivity index (χ2n) is 6.13. The summed E-state index contributed by atoms with van der Waals surface area (Å²) in [7, 11) is 2.83. The molecular weight excluding hydrogens is 420 g/mol. The second kappa shape index (κ2) is 10.1. The maximum Gasteiger partial charge on any atom is 0.313 e. The highest BCUT2D eigenvalue weighted by molar-refractivity contribution is 8.00. The number of Topliss-reactive ketones (excluding diaryl/α,β-unsaturated/α-hetero) is 1. The van der Waals surface area contributed by atoms with Crippen LogP contribution >= 0.6 is 23.1 Å². The van der Waals surface area contributed by atoms with E-state index < -0.39 is 5.97 Å². The summed E-state index contributed by atoms with van der Waals surface area (Å²) < 4.78 is 9.75. The zero-order chi connectivity index (χ0) is 21.5. The Labute approximate surface area is 182 Å². The summed E-state index contributed by atoms with van der Waals surface area (Å²) in [6, 6.07) is 15.4. The Bertz CT molecular complexity index is 1090. The molecule has 0 N–H and O–H groups in total. The van der Waals surface area contributed by atoms with Gasteiger partial charge >= 0.3 is 5.97 Å². The van der Waals surface area contributed by atoms with Crippen molar-refractivity contribution in [2.45, 2.75) is 11.4 Å². The minimum absolute atomic E-state index is 0.0206. The first kappa shape index (κ1) is 21.6. The van der Waals surface area contributed by atoms with E-state index in [1.54, 1.807) is 18.4 Å². The molecular formula is C22H18N2O4S2. The van der Waals surface area contributed by atoms with Crippen molar-refractivity contribution >= 4 is 34.9 Å². The van der Waals surface area contributed by atoms with Gasteiger partial charge in [-0.15, -0.1) is 11.3 Å². The summed E-state index contributed by atoms with van der Waals surface area (Å²) in [6.07, 6.45) is -0.304. The number of benzene rings is 1. The lowest BCUT2D eigenvalue weighted by Gasteiger charge is -2.12. The number of thioether (sulfide) groups is 1. The van der Waals surface area contributed by atoms with Gasteiger partial charge in [0.05, 0.1) is 36.1 Å². The molecule has 6 nitrogen and oxygen atoms in total. The molecule has 30 heavy (non-hydrogen) atoms. The van der Waals surface area contributed by atoms with Crippen LogP contribution in [0.25, 0.3) is 21.7 Å². The number of aromatic nitrogens is 1. The van der Waals surface area contributed by atoms with Crippen LogP contribution in [0.2, 0.25) is 0 Å². The molecule has 0 saturated carbocycles. The summed E-state index contributed by atoms with van der Waals surface area (Å²) >= 11 is 2.69. The first-order valence-electron chi connectivity index (χ1n) is 8.90. The third-order valence-corrected chi connectivity index (χ3v) is 6.14. The molecule has 0 bridgehead atoms. The Kier molecular flexibility index (Phi) is 7.22. The van der Waals surface area contributed by atoms with E-state index in [9.17, 15) is 14.9 Å². The summed E-state index contributed by atoms with van der Waals surface area (Å²) in [6.45, 7) is 0. The Hall–Kier alpha value is -3.15. The van der Waals surface area contributed by atoms with Crippen molar-refractivity contribution in [1.29, 1.82) is 5.26 Å². The molecule has 0 saturated heterocycles. The number of rotatable bonds is 8. The van der Waals surface area contributed by atoms with Gasteiger partial charge in [0.15, 0.2) is 5.78 Å². The quantitative estimate of drug-likeness (QED) is 0.289. The Balaban J connectivity index is 2.01. The van der Waals surface area contributed by atoms with Crippen LogP contribution in [0.3, 0.4) is 0 Å². The first-order chi connectivity index (χ1) is 14.5. The Morgan fingerprint density at radius 2 is 1.97 bits per heavy atom. The highest BCUT2D eigenvalue weighted by atomic mass is 32.2. The van der Waals surface area contributed by atoms with E-state index in [1.807, 2.05) is 47.8 Å².